The highest BCUT2D eigenvalue weighted by Crippen LogP contribution is 2.44. The molecule has 0 atom stereocenters. The molecule has 1 fully saturated rings. The minimum Gasteiger partial charge on any atom is -0.493 e. The third-order valence-electron chi connectivity index (χ3n) is 4.24. The first-order valence-electron chi connectivity index (χ1n) is 8.02. The Morgan fingerprint density at radius 3 is 2.35 bits per heavy atom. The number of hydrogen-bond donors (Lipinski definition) is 0. The number of carbonyl (C=O) groups is 1. The predicted molar refractivity (Wildman–Crippen MR) is 88.3 cm³/mol. The van der Waals surface area contributed by atoms with Gasteiger partial charge in [0.05, 0.1) is 12.7 Å². The molecule has 0 aliphatic heterocycles. The zero-order valence-electron chi connectivity index (χ0n) is 14.2. The minimum absolute atomic E-state index is 0.0625. The van der Waals surface area contributed by atoms with Crippen LogP contribution in [0.4, 0.5) is 13.2 Å². The summed E-state index contributed by atoms with van der Waals surface area (Å²) in [6.45, 7) is 1.86. The predicted octanol–water partition coefficient (Wildman–Crippen LogP) is 5.38. The van der Waals surface area contributed by atoms with Gasteiger partial charge in [-0.3, -0.25) is 4.79 Å². The van der Waals surface area contributed by atoms with Crippen molar-refractivity contribution in [2.75, 3.05) is 7.11 Å². The fraction of sp³-hybridized carbons (Fsp3) is 0.316. The van der Waals surface area contributed by atoms with Crippen LogP contribution in [-0.2, 0) is 0 Å². The first kappa shape index (κ1) is 18.1. The van der Waals surface area contributed by atoms with Gasteiger partial charge < -0.3 is 14.2 Å². The van der Waals surface area contributed by atoms with Crippen molar-refractivity contribution in [3.8, 4) is 23.0 Å². The minimum atomic E-state index is -4.80. The number of carbonyl (C=O) groups excluding carboxylic acids is 1. The average Bonchev–Trinajstić information content (AvgIpc) is 3.40. The molecule has 3 rings (SSSR count). The van der Waals surface area contributed by atoms with Crippen LogP contribution in [0.5, 0.6) is 23.0 Å². The average molecular weight is 366 g/mol. The number of hydrogen-bond acceptors (Lipinski definition) is 4. The summed E-state index contributed by atoms with van der Waals surface area (Å²) >= 11 is 0. The van der Waals surface area contributed by atoms with E-state index in [1.165, 1.54) is 13.2 Å². The SMILES string of the molecule is COc1cc(OC(F)(F)F)ccc1Oc1ccc(C2CC2)c(C)c1C=O. The molecule has 2 aromatic rings. The maximum Gasteiger partial charge on any atom is 0.573 e. The van der Waals surface area contributed by atoms with Crippen LogP contribution in [-0.4, -0.2) is 19.8 Å². The summed E-state index contributed by atoms with van der Waals surface area (Å²) in [4.78, 5) is 11.5. The maximum atomic E-state index is 12.3. The van der Waals surface area contributed by atoms with Gasteiger partial charge in [-0.1, -0.05) is 6.07 Å². The summed E-state index contributed by atoms with van der Waals surface area (Å²) in [7, 11) is 1.31. The topological polar surface area (TPSA) is 44.8 Å². The molecule has 26 heavy (non-hydrogen) atoms. The Hall–Kier alpha value is -2.70. The van der Waals surface area contributed by atoms with Crippen LogP contribution in [0.3, 0.4) is 0 Å². The van der Waals surface area contributed by atoms with Gasteiger partial charge in [-0.05, 0) is 55.0 Å². The van der Waals surface area contributed by atoms with E-state index >= 15 is 0 Å². The second-order valence-corrected chi connectivity index (χ2v) is 6.05. The lowest BCUT2D eigenvalue weighted by molar-refractivity contribution is -0.274. The zero-order valence-corrected chi connectivity index (χ0v) is 14.2. The normalized spacial score (nSPS) is 14.0. The molecule has 0 aromatic heterocycles. The fourth-order valence-electron chi connectivity index (χ4n) is 2.84. The molecule has 138 valence electrons. The monoisotopic (exact) mass is 366 g/mol. The van der Waals surface area contributed by atoms with Crippen molar-refractivity contribution in [2.45, 2.75) is 32.0 Å². The molecule has 2 aromatic carbocycles. The molecule has 1 aliphatic rings. The fourth-order valence-corrected chi connectivity index (χ4v) is 2.84. The molecule has 0 heterocycles. The summed E-state index contributed by atoms with van der Waals surface area (Å²) in [5, 5.41) is 0. The number of aldehydes is 1. The molecular formula is C19H17F3O4. The molecule has 1 aliphatic carbocycles. The van der Waals surface area contributed by atoms with Crippen LogP contribution < -0.4 is 14.2 Å². The van der Waals surface area contributed by atoms with Crippen LogP contribution in [0.2, 0.25) is 0 Å². The summed E-state index contributed by atoms with van der Waals surface area (Å²) < 4.78 is 51.7. The van der Waals surface area contributed by atoms with Gasteiger partial charge in [0.2, 0.25) is 0 Å². The zero-order chi connectivity index (χ0) is 18.9. The second-order valence-electron chi connectivity index (χ2n) is 6.05. The van der Waals surface area contributed by atoms with Crippen molar-refractivity contribution in [1.82, 2.24) is 0 Å². The van der Waals surface area contributed by atoms with Gasteiger partial charge in [0, 0.05) is 6.07 Å². The highest BCUT2D eigenvalue weighted by molar-refractivity contribution is 5.83. The van der Waals surface area contributed by atoms with E-state index in [0.29, 0.717) is 17.2 Å². The van der Waals surface area contributed by atoms with Gasteiger partial charge in [0.25, 0.3) is 0 Å². The van der Waals surface area contributed by atoms with Crippen LogP contribution in [0, 0.1) is 6.92 Å². The van der Waals surface area contributed by atoms with Crippen LogP contribution in [0.15, 0.2) is 30.3 Å². The molecule has 4 nitrogen and oxygen atoms in total. The summed E-state index contributed by atoms with van der Waals surface area (Å²) in [6.07, 6.45) is -1.86. The van der Waals surface area contributed by atoms with Crippen molar-refractivity contribution < 1.29 is 32.2 Å². The second kappa shape index (κ2) is 6.90. The van der Waals surface area contributed by atoms with E-state index in [9.17, 15) is 18.0 Å². The lowest BCUT2D eigenvalue weighted by atomic mass is 9.99. The van der Waals surface area contributed by atoms with Gasteiger partial charge in [-0.25, -0.2) is 0 Å². The number of alkyl halides is 3. The quantitative estimate of drug-likeness (QED) is 0.644. The molecule has 0 N–H and O–H groups in total. The largest absolute Gasteiger partial charge is 0.573 e. The van der Waals surface area contributed by atoms with E-state index in [1.54, 1.807) is 6.07 Å². The van der Waals surface area contributed by atoms with Crippen molar-refractivity contribution in [3.05, 3.63) is 47.0 Å². The summed E-state index contributed by atoms with van der Waals surface area (Å²) in [6, 6.07) is 7.12. The van der Waals surface area contributed by atoms with E-state index in [4.69, 9.17) is 9.47 Å². The standard InChI is InChI=1S/C19H17F3O4/c1-11-14(12-3-4-12)6-8-16(15(11)10-23)25-17-7-5-13(9-18(17)24-2)26-19(20,21)22/h5-10,12H,3-4H2,1-2H3. The molecule has 0 spiro atoms. The Bertz CT molecular complexity index is 826. The Kier molecular flexibility index (Phi) is 4.80. The highest BCUT2D eigenvalue weighted by Gasteiger charge is 2.31. The van der Waals surface area contributed by atoms with Gasteiger partial charge in [-0.2, -0.15) is 0 Å². The molecular weight excluding hydrogens is 349 g/mol. The number of methoxy groups -OCH3 is 1. The number of rotatable bonds is 6. The Balaban J connectivity index is 1.91. The van der Waals surface area contributed by atoms with Crippen LogP contribution >= 0.6 is 0 Å². The van der Waals surface area contributed by atoms with E-state index in [-0.39, 0.29) is 11.5 Å². The van der Waals surface area contributed by atoms with Gasteiger partial charge in [-0.15, -0.1) is 13.2 Å². The maximum absolute atomic E-state index is 12.3. The van der Waals surface area contributed by atoms with Crippen LogP contribution in [0.25, 0.3) is 0 Å². The number of benzene rings is 2. The molecule has 0 amide bonds. The van der Waals surface area contributed by atoms with E-state index in [2.05, 4.69) is 4.74 Å². The summed E-state index contributed by atoms with van der Waals surface area (Å²) in [5.41, 5.74) is 2.41. The first-order chi connectivity index (χ1) is 12.3. The van der Waals surface area contributed by atoms with Crippen molar-refractivity contribution in [2.24, 2.45) is 0 Å². The molecule has 0 unspecified atom stereocenters. The van der Waals surface area contributed by atoms with Crippen molar-refractivity contribution >= 4 is 6.29 Å². The van der Waals surface area contributed by atoms with E-state index in [1.807, 2.05) is 13.0 Å². The summed E-state index contributed by atoms with van der Waals surface area (Å²) in [5.74, 6) is 0.634. The lowest BCUT2D eigenvalue weighted by Crippen LogP contribution is -2.17. The Morgan fingerprint density at radius 2 is 1.77 bits per heavy atom. The molecule has 0 bridgehead atoms. The van der Waals surface area contributed by atoms with Crippen molar-refractivity contribution in [1.29, 1.82) is 0 Å². The molecule has 1 saturated carbocycles. The smallest absolute Gasteiger partial charge is 0.493 e. The van der Waals surface area contributed by atoms with Gasteiger partial charge in [0.15, 0.2) is 17.8 Å². The third kappa shape index (κ3) is 3.92. The Labute approximate surface area is 148 Å². The van der Waals surface area contributed by atoms with Gasteiger partial charge in [0.1, 0.15) is 11.5 Å². The lowest BCUT2D eigenvalue weighted by Gasteiger charge is -2.16. The number of ether oxygens (including phenoxy) is 3. The van der Waals surface area contributed by atoms with E-state index < -0.39 is 12.1 Å². The number of halogens is 3. The van der Waals surface area contributed by atoms with Crippen molar-refractivity contribution in [3.63, 3.8) is 0 Å². The molecule has 0 radical (unpaired) electrons. The third-order valence-corrected chi connectivity index (χ3v) is 4.24. The highest BCUT2D eigenvalue weighted by atomic mass is 19.4. The molecule has 0 saturated heterocycles. The van der Waals surface area contributed by atoms with Crippen LogP contribution in [0.1, 0.15) is 40.2 Å². The van der Waals surface area contributed by atoms with E-state index in [0.717, 1.165) is 42.4 Å². The molecule has 7 heteroatoms. The van der Waals surface area contributed by atoms with Gasteiger partial charge >= 0.3 is 6.36 Å². The first-order valence-corrected chi connectivity index (χ1v) is 8.02. The Morgan fingerprint density at radius 1 is 1.08 bits per heavy atom.